The summed E-state index contributed by atoms with van der Waals surface area (Å²) in [6.07, 6.45) is 0.946. The van der Waals surface area contributed by atoms with Crippen LogP contribution in [0.4, 0.5) is 0 Å². The van der Waals surface area contributed by atoms with E-state index in [1.165, 1.54) is 0 Å². The highest BCUT2D eigenvalue weighted by Gasteiger charge is 2.20. The molecule has 0 aliphatic heterocycles. The fraction of sp³-hybridized carbons (Fsp3) is 0.538. The van der Waals surface area contributed by atoms with E-state index in [1.807, 2.05) is 31.2 Å². The summed E-state index contributed by atoms with van der Waals surface area (Å²) in [6.45, 7) is 4.70. The third-order valence-electron chi connectivity index (χ3n) is 2.78. The van der Waals surface area contributed by atoms with Gasteiger partial charge < -0.3 is 9.47 Å². The molecule has 0 saturated heterocycles. The second kappa shape index (κ2) is 7.27. The molecule has 0 spiro atoms. The van der Waals surface area contributed by atoms with Gasteiger partial charge in [-0.2, -0.15) is 0 Å². The van der Waals surface area contributed by atoms with Crippen molar-refractivity contribution in [3.63, 3.8) is 0 Å². The molecule has 0 fully saturated rings. The Morgan fingerprint density at radius 1 is 1.35 bits per heavy atom. The summed E-state index contributed by atoms with van der Waals surface area (Å²) in [5.41, 5.74) is 3.89. The molecule has 1 aromatic rings. The van der Waals surface area contributed by atoms with E-state index in [0.717, 1.165) is 17.7 Å². The summed E-state index contributed by atoms with van der Waals surface area (Å²) < 4.78 is 10.9. The molecule has 2 unspecified atom stereocenters. The van der Waals surface area contributed by atoms with Crippen molar-refractivity contribution in [2.24, 2.45) is 5.84 Å². The molecule has 1 rings (SSSR count). The van der Waals surface area contributed by atoms with E-state index < -0.39 is 0 Å². The van der Waals surface area contributed by atoms with Crippen molar-refractivity contribution in [1.29, 1.82) is 0 Å². The largest absolute Gasteiger partial charge is 0.494 e. The minimum Gasteiger partial charge on any atom is -0.494 e. The summed E-state index contributed by atoms with van der Waals surface area (Å²) in [4.78, 5) is 0. The highest BCUT2D eigenvalue weighted by atomic mass is 16.5. The zero-order valence-corrected chi connectivity index (χ0v) is 10.8. The molecule has 0 aliphatic carbocycles. The van der Waals surface area contributed by atoms with Gasteiger partial charge in [-0.3, -0.25) is 11.3 Å². The number of benzene rings is 1. The summed E-state index contributed by atoms with van der Waals surface area (Å²) in [5, 5.41) is 0. The van der Waals surface area contributed by atoms with Crippen LogP contribution in [0.1, 0.15) is 31.9 Å². The van der Waals surface area contributed by atoms with Gasteiger partial charge in [-0.25, -0.2) is 0 Å². The highest BCUT2D eigenvalue weighted by Crippen LogP contribution is 2.24. The first-order chi connectivity index (χ1) is 8.26. The number of hydrogen-bond acceptors (Lipinski definition) is 4. The van der Waals surface area contributed by atoms with Crippen LogP contribution < -0.4 is 16.0 Å². The Hall–Kier alpha value is -1.10. The molecule has 0 aromatic heterocycles. The number of nitrogens with two attached hydrogens (primary N) is 1. The molecule has 0 aliphatic rings. The van der Waals surface area contributed by atoms with E-state index in [2.05, 4.69) is 12.3 Å². The van der Waals surface area contributed by atoms with Crippen LogP contribution in [-0.2, 0) is 4.74 Å². The second-order valence-electron chi connectivity index (χ2n) is 3.83. The maximum absolute atomic E-state index is 5.61. The minimum absolute atomic E-state index is 0.0228. The van der Waals surface area contributed by atoms with E-state index in [4.69, 9.17) is 15.3 Å². The van der Waals surface area contributed by atoms with Crippen LogP contribution in [0.2, 0.25) is 0 Å². The van der Waals surface area contributed by atoms with Crippen molar-refractivity contribution >= 4 is 0 Å². The molecule has 0 heterocycles. The molecule has 1 aromatic carbocycles. The summed E-state index contributed by atoms with van der Waals surface area (Å²) in [6, 6.07) is 7.90. The third-order valence-corrected chi connectivity index (χ3v) is 2.78. The lowest BCUT2D eigenvalue weighted by Crippen LogP contribution is -2.37. The average Bonchev–Trinajstić information content (AvgIpc) is 2.36. The first kappa shape index (κ1) is 14.0. The maximum Gasteiger partial charge on any atom is 0.119 e. The molecule has 2 atom stereocenters. The molecule has 0 radical (unpaired) electrons. The van der Waals surface area contributed by atoms with Gasteiger partial charge in [0.1, 0.15) is 5.75 Å². The van der Waals surface area contributed by atoms with E-state index in [0.29, 0.717) is 6.61 Å². The molecule has 0 amide bonds. The number of hydrazine groups is 1. The molecular weight excluding hydrogens is 216 g/mol. The fourth-order valence-electron chi connectivity index (χ4n) is 1.92. The predicted molar refractivity (Wildman–Crippen MR) is 68.8 cm³/mol. The van der Waals surface area contributed by atoms with Crippen LogP contribution in [0.5, 0.6) is 5.75 Å². The summed E-state index contributed by atoms with van der Waals surface area (Å²) >= 11 is 0. The van der Waals surface area contributed by atoms with Gasteiger partial charge in [-0.15, -0.1) is 0 Å². The van der Waals surface area contributed by atoms with Gasteiger partial charge >= 0.3 is 0 Å². The maximum atomic E-state index is 5.61. The van der Waals surface area contributed by atoms with Crippen molar-refractivity contribution in [3.8, 4) is 5.75 Å². The quantitative estimate of drug-likeness (QED) is 0.563. The van der Waals surface area contributed by atoms with Crippen LogP contribution >= 0.6 is 0 Å². The number of hydrogen-bond donors (Lipinski definition) is 2. The van der Waals surface area contributed by atoms with Gasteiger partial charge in [-0.1, -0.05) is 19.1 Å². The molecule has 17 heavy (non-hydrogen) atoms. The predicted octanol–water partition coefficient (Wildman–Crippen LogP) is 2.01. The first-order valence-electron chi connectivity index (χ1n) is 5.98. The minimum atomic E-state index is -0.0228. The monoisotopic (exact) mass is 238 g/mol. The van der Waals surface area contributed by atoms with Crippen molar-refractivity contribution in [2.75, 3.05) is 13.7 Å². The molecule has 0 bridgehead atoms. The van der Waals surface area contributed by atoms with Crippen LogP contribution in [0.15, 0.2) is 24.3 Å². The van der Waals surface area contributed by atoms with Crippen molar-refractivity contribution in [2.45, 2.75) is 32.4 Å². The Labute approximate surface area is 103 Å². The topological polar surface area (TPSA) is 56.5 Å². The van der Waals surface area contributed by atoms with E-state index in [1.54, 1.807) is 7.11 Å². The molecule has 3 N–H and O–H groups in total. The lowest BCUT2D eigenvalue weighted by Gasteiger charge is -2.25. The summed E-state index contributed by atoms with van der Waals surface area (Å²) in [5.74, 6) is 6.47. The van der Waals surface area contributed by atoms with Gasteiger partial charge in [0.25, 0.3) is 0 Å². The Bertz CT molecular complexity index is 327. The van der Waals surface area contributed by atoms with Crippen LogP contribution in [0.3, 0.4) is 0 Å². The van der Waals surface area contributed by atoms with Crippen LogP contribution in [0, 0.1) is 0 Å². The van der Waals surface area contributed by atoms with Gasteiger partial charge in [0.2, 0.25) is 0 Å². The molecule has 4 heteroatoms. The van der Waals surface area contributed by atoms with Gasteiger partial charge in [-0.05, 0) is 31.0 Å². The fourth-order valence-corrected chi connectivity index (χ4v) is 1.92. The zero-order chi connectivity index (χ0) is 12.7. The van der Waals surface area contributed by atoms with Crippen LogP contribution in [0.25, 0.3) is 0 Å². The lowest BCUT2D eigenvalue weighted by molar-refractivity contribution is 0.0650. The smallest absolute Gasteiger partial charge is 0.119 e. The van der Waals surface area contributed by atoms with Crippen molar-refractivity contribution < 1.29 is 9.47 Å². The second-order valence-corrected chi connectivity index (χ2v) is 3.83. The Balaban J connectivity index is 2.90. The van der Waals surface area contributed by atoms with E-state index >= 15 is 0 Å². The normalized spacial score (nSPS) is 14.4. The number of rotatable bonds is 7. The highest BCUT2D eigenvalue weighted by molar-refractivity contribution is 5.31. The van der Waals surface area contributed by atoms with Gasteiger partial charge in [0.05, 0.1) is 18.8 Å². The van der Waals surface area contributed by atoms with Crippen molar-refractivity contribution in [1.82, 2.24) is 5.43 Å². The van der Waals surface area contributed by atoms with Gasteiger partial charge in [0.15, 0.2) is 0 Å². The molecule has 0 saturated carbocycles. The van der Waals surface area contributed by atoms with Crippen LogP contribution in [-0.4, -0.2) is 19.8 Å². The molecule has 96 valence electrons. The van der Waals surface area contributed by atoms with E-state index in [-0.39, 0.29) is 12.1 Å². The number of nitrogens with one attached hydrogen (secondary N) is 1. The Morgan fingerprint density at radius 3 is 2.65 bits per heavy atom. The first-order valence-corrected chi connectivity index (χ1v) is 5.98. The zero-order valence-electron chi connectivity index (χ0n) is 10.8. The molecular formula is C13H22N2O2. The Kier molecular flexibility index (Phi) is 5.97. The average molecular weight is 238 g/mol. The number of methoxy groups -OCH3 is 1. The Morgan fingerprint density at radius 2 is 2.12 bits per heavy atom. The molecule has 4 nitrogen and oxygen atoms in total. The van der Waals surface area contributed by atoms with Crippen molar-refractivity contribution in [3.05, 3.63) is 29.8 Å². The van der Waals surface area contributed by atoms with Gasteiger partial charge in [0, 0.05) is 7.11 Å². The summed E-state index contributed by atoms with van der Waals surface area (Å²) in [7, 11) is 1.70. The standard InChI is InChI=1S/C13H22N2O2/c1-4-12(16-3)13(15-14)10-7-6-8-11(9-10)17-5-2/h6-9,12-13,15H,4-5,14H2,1-3H3. The third kappa shape index (κ3) is 3.70. The lowest BCUT2D eigenvalue weighted by atomic mass is 10.00. The van der Waals surface area contributed by atoms with E-state index in [9.17, 15) is 0 Å². The number of ether oxygens (including phenoxy) is 2. The SMILES string of the molecule is CCOc1cccc(C(NN)C(CC)OC)c1.